The van der Waals surface area contributed by atoms with Gasteiger partial charge in [-0.3, -0.25) is 4.99 Å². The first-order chi connectivity index (χ1) is 13.3. The van der Waals surface area contributed by atoms with Crippen molar-refractivity contribution >= 4 is 5.96 Å². The monoisotopic (exact) mass is 365 g/mol. The molecule has 5 nitrogen and oxygen atoms in total. The molecular formula is C22H27N3O2. The number of hydrogen-bond donors (Lipinski definition) is 2. The summed E-state index contributed by atoms with van der Waals surface area (Å²) in [6.07, 6.45) is 4.22. The summed E-state index contributed by atoms with van der Waals surface area (Å²) in [4.78, 5) is 4.34. The van der Waals surface area contributed by atoms with Gasteiger partial charge in [-0.2, -0.15) is 0 Å². The van der Waals surface area contributed by atoms with Crippen molar-refractivity contribution in [2.75, 3.05) is 7.05 Å². The normalized spacial score (nSPS) is 24.0. The second-order valence-electron chi connectivity index (χ2n) is 7.20. The summed E-state index contributed by atoms with van der Waals surface area (Å²) in [5, 5.41) is 6.90. The minimum Gasteiger partial charge on any atom is -0.489 e. The predicted molar refractivity (Wildman–Crippen MR) is 107 cm³/mol. The highest BCUT2D eigenvalue weighted by Gasteiger charge is 2.41. The summed E-state index contributed by atoms with van der Waals surface area (Å²) in [6, 6.07) is 18.8. The molecule has 0 radical (unpaired) electrons. The zero-order valence-corrected chi connectivity index (χ0v) is 15.7. The van der Waals surface area contributed by atoms with Crippen molar-refractivity contribution in [2.24, 2.45) is 4.99 Å². The molecule has 2 fully saturated rings. The molecule has 2 aromatic rings. The first-order valence-electron chi connectivity index (χ1n) is 9.68. The van der Waals surface area contributed by atoms with Crippen LogP contribution in [0, 0.1) is 0 Å². The Morgan fingerprint density at radius 1 is 1.07 bits per heavy atom. The molecule has 0 amide bonds. The van der Waals surface area contributed by atoms with Gasteiger partial charge in [-0.1, -0.05) is 42.5 Å². The second-order valence-corrected chi connectivity index (χ2v) is 7.20. The fraction of sp³-hybridized carbons (Fsp3) is 0.409. The topological polar surface area (TPSA) is 54.9 Å². The molecule has 4 rings (SSSR count). The van der Waals surface area contributed by atoms with E-state index in [0.717, 1.165) is 31.1 Å². The fourth-order valence-electron chi connectivity index (χ4n) is 3.79. The van der Waals surface area contributed by atoms with Crippen LogP contribution in [-0.2, 0) is 17.9 Å². The highest BCUT2D eigenvalue weighted by molar-refractivity contribution is 5.80. The molecule has 2 aliphatic heterocycles. The quantitative estimate of drug-likeness (QED) is 0.609. The standard InChI is InChI=1S/C22H27N3O2/c1-23-22(25-20-13-19-11-12-21(20)27-19)24-14-16-7-9-18(10-8-16)26-15-17-5-3-2-4-6-17/h2-10,19-21H,11-15H2,1H3,(H2,23,24,25). The van der Waals surface area contributed by atoms with Gasteiger partial charge in [-0.05, 0) is 42.5 Å². The average molecular weight is 365 g/mol. The van der Waals surface area contributed by atoms with Crippen LogP contribution in [0.15, 0.2) is 59.6 Å². The number of nitrogens with zero attached hydrogens (tertiary/aromatic N) is 1. The van der Waals surface area contributed by atoms with Crippen molar-refractivity contribution in [3.63, 3.8) is 0 Å². The number of guanidine groups is 1. The van der Waals surface area contributed by atoms with Crippen LogP contribution in [0.5, 0.6) is 5.75 Å². The number of hydrogen-bond acceptors (Lipinski definition) is 3. The Hall–Kier alpha value is -2.53. The smallest absolute Gasteiger partial charge is 0.191 e. The lowest BCUT2D eigenvalue weighted by Crippen LogP contribution is -2.47. The van der Waals surface area contributed by atoms with Crippen molar-refractivity contribution in [1.82, 2.24) is 10.6 Å². The van der Waals surface area contributed by atoms with Crippen LogP contribution in [0.4, 0.5) is 0 Å². The first kappa shape index (κ1) is 17.9. The van der Waals surface area contributed by atoms with Gasteiger partial charge < -0.3 is 20.1 Å². The lowest BCUT2D eigenvalue weighted by molar-refractivity contribution is 0.0992. The van der Waals surface area contributed by atoms with Crippen molar-refractivity contribution in [3.05, 3.63) is 65.7 Å². The summed E-state index contributed by atoms with van der Waals surface area (Å²) in [7, 11) is 1.81. The molecule has 2 heterocycles. The highest BCUT2D eigenvalue weighted by Crippen LogP contribution is 2.34. The Bertz CT molecular complexity index is 761. The van der Waals surface area contributed by atoms with Crippen LogP contribution in [-0.4, -0.2) is 31.3 Å². The van der Waals surface area contributed by atoms with E-state index in [9.17, 15) is 0 Å². The number of benzene rings is 2. The number of aliphatic imine (C=N–C) groups is 1. The van der Waals surface area contributed by atoms with Gasteiger partial charge >= 0.3 is 0 Å². The molecule has 2 aromatic carbocycles. The third kappa shape index (κ3) is 4.61. The fourth-order valence-corrected chi connectivity index (χ4v) is 3.79. The second kappa shape index (κ2) is 8.44. The molecule has 5 heteroatoms. The van der Waals surface area contributed by atoms with Crippen LogP contribution in [0.2, 0.25) is 0 Å². The van der Waals surface area contributed by atoms with Gasteiger partial charge in [0.15, 0.2) is 5.96 Å². The number of nitrogens with one attached hydrogen (secondary N) is 2. The molecule has 3 atom stereocenters. The molecule has 27 heavy (non-hydrogen) atoms. The van der Waals surface area contributed by atoms with E-state index in [-0.39, 0.29) is 0 Å². The number of fused-ring (bicyclic) bond motifs is 2. The van der Waals surface area contributed by atoms with Crippen molar-refractivity contribution in [1.29, 1.82) is 0 Å². The molecule has 2 N–H and O–H groups in total. The number of rotatable bonds is 6. The van der Waals surface area contributed by atoms with Crippen LogP contribution in [0.3, 0.4) is 0 Å². The SMILES string of the molecule is CN=C(NCc1ccc(OCc2ccccc2)cc1)NC1CC2CCC1O2. The molecule has 2 saturated heterocycles. The molecule has 0 aromatic heterocycles. The maximum Gasteiger partial charge on any atom is 0.191 e. The van der Waals surface area contributed by atoms with E-state index >= 15 is 0 Å². The van der Waals surface area contributed by atoms with Gasteiger partial charge in [0.2, 0.25) is 0 Å². The Labute approximate surface area is 160 Å². The summed E-state index contributed by atoms with van der Waals surface area (Å²) < 4.78 is 11.7. The zero-order valence-electron chi connectivity index (χ0n) is 15.7. The summed E-state index contributed by atoms with van der Waals surface area (Å²) in [5.74, 6) is 1.71. The molecule has 0 spiro atoms. The Balaban J connectivity index is 1.24. The maximum atomic E-state index is 5.90. The van der Waals surface area contributed by atoms with E-state index in [4.69, 9.17) is 9.47 Å². The van der Waals surface area contributed by atoms with Crippen molar-refractivity contribution < 1.29 is 9.47 Å². The summed E-state index contributed by atoms with van der Waals surface area (Å²) >= 11 is 0. The zero-order chi connectivity index (χ0) is 18.5. The largest absolute Gasteiger partial charge is 0.489 e. The molecule has 142 valence electrons. The van der Waals surface area contributed by atoms with Gasteiger partial charge in [0.1, 0.15) is 12.4 Å². The summed E-state index contributed by atoms with van der Waals surface area (Å²) in [6.45, 7) is 1.31. The molecule has 3 unspecified atom stereocenters. The molecule has 2 aliphatic rings. The van der Waals surface area contributed by atoms with E-state index < -0.39 is 0 Å². The van der Waals surface area contributed by atoms with E-state index in [1.54, 1.807) is 0 Å². The van der Waals surface area contributed by atoms with Gasteiger partial charge in [0.05, 0.1) is 18.2 Å². The predicted octanol–water partition coefficient (Wildman–Crippen LogP) is 3.25. The molecule has 0 saturated carbocycles. The lowest BCUT2D eigenvalue weighted by atomic mass is 9.96. The van der Waals surface area contributed by atoms with E-state index in [2.05, 4.69) is 39.9 Å². The highest BCUT2D eigenvalue weighted by atomic mass is 16.5. The first-order valence-corrected chi connectivity index (χ1v) is 9.68. The third-order valence-corrected chi connectivity index (χ3v) is 5.28. The van der Waals surface area contributed by atoms with Crippen molar-refractivity contribution in [3.8, 4) is 5.75 Å². The Morgan fingerprint density at radius 3 is 2.56 bits per heavy atom. The maximum absolute atomic E-state index is 5.90. The van der Waals surface area contributed by atoms with Crippen LogP contribution >= 0.6 is 0 Å². The minimum atomic E-state index is 0.342. The molecule has 2 bridgehead atoms. The third-order valence-electron chi connectivity index (χ3n) is 5.28. The van der Waals surface area contributed by atoms with E-state index in [1.165, 1.54) is 17.5 Å². The molecular weight excluding hydrogens is 338 g/mol. The van der Waals surface area contributed by atoms with Gasteiger partial charge in [-0.25, -0.2) is 0 Å². The van der Waals surface area contributed by atoms with Gasteiger partial charge in [-0.15, -0.1) is 0 Å². The Morgan fingerprint density at radius 2 is 1.89 bits per heavy atom. The molecule has 0 aliphatic carbocycles. The number of ether oxygens (including phenoxy) is 2. The van der Waals surface area contributed by atoms with Crippen LogP contribution in [0.1, 0.15) is 30.4 Å². The van der Waals surface area contributed by atoms with Crippen LogP contribution in [0.25, 0.3) is 0 Å². The van der Waals surface area contributed by atoms with Gasteiger partial charge in [0.25, 0.3) is 0 Å². The average Bonchev–Trinajstić information content (AvgIpc) is 3.34. The van der Waals surface area contributed by atoms with E-state index in [0.29, 0.717) is 24.9 Å². The lowest BCUT2D eigenvalue weighted by Gasteiger charge is -2.22. The summed E-state index contributed by atoms with van der Waals surface area (Å²) in [5.41, 5.74) is 2.36. The Kier molecular flexibility index (Phi) is 5.58. The minimum absolute atomic E-state index is 0.342. The van der Waals surface area contributed by atoms with Gasteiger partial charge in [0, 0.05) is 13.6 Å². The van der Waals surface area contributed by atoms with Crippen molar-refractivity contribution in [2.45, 2.75) is 50.7 Å². The van der Waals surface area contributed by atoms with Crippen LogP contribution < -0.4 is 15.4 Å². The van der Waals surface area contributed by atoms with E-state index in [1.807, 2.05) is 37.4 Å².